The number of nitrogens with zero attached hydrogens (tertiary/aromatic N) is 1. The smallest absolute Gasteiger partial charge is 0.325 e. The maximum absolute atomic E-state index is 12.5. The van der Waals surface area contributed by atoms with Gasteiger partial charge in [-0.15, -0.1) is 11.8 Å². The zero-order valence-electron chi connectivity index (χ0n) is 18.1. The summed E-state index contributed by atoms with van der Waals surface area (Å²) in [5.41, 5.74) is 1.18. The second-order valence-corrected chi connectivity index (χ2v) is 7.99. The number of thioether (sulfide) groups is 1. The van der Waals surface area contributed by atoms with E-state index in [9.17, 15) is 14.4 Å². The van der Waals surface area contributed by atoms with E-state index in [4.69, 9.17) is 9.47 Å². The molecule has 0 spiro atoms. The Balaban J connectivity index is 1.49. The maximum Gasteiger partial charge on any atom is 0.325 e. The summed E-state index contributed by atoms with van der Waals surface area (Å²) in [5.74, 6) is 0.351. The molecule has 1 unspecified atom stereocenters. The Hall–Kier alpha value is -3.24. The molecule has 3 N–H and O–H groups in total. The minimum Gasteiger partial charge on any atom is -0.486 e. The number of hydrogen-bond donors (Lipinski definition) is 3. The van der Waals surface area contributed by atoms with Crippen molar-refractivity contribution in [2.75, 3.05) is 43.7 Å². The third-order valence-corrected chi connectivity index (χ3v) is 5.65. The van der Waals surface area contributed by atoms with Crippen LogP contribution in [-0.4, -0.2) is 61.8 Å². The van der Waals surface area contributed by atoms with E-state index in [0.29, 0.717) is 36.1 Å². The third kappa shape index (κ3) is 6.14. The molecule has 2 aromatic rings. The van der Waals surface area contributed by atoms with E-state index in [1.165, 1.54) is 11.8 Å². The first kappa shape index (κ1) is 23.4. The van der Waals surface area contributed by atoms with Gasteiger partial charge < -0.3 is 20.1 Å². The lowest BCUT2D eigenvalue weighted by Gasteiger charge is -2.23. The minimum absolute atomic E-state index is 0.0128. The number of rotatable bonds is 7. The fourth-order valence-corrected chi connectivity index (χ4v) is 3.55. The van der Waals surface area contributed by atoms with Gasteiger partial charge in [0.15, 0.2) is 11.5 Å². The van der Waals surface area contributed by atoms with Crippen molar-refractivity contribution >= 4 is 41.0 Å². The van der Waals surface area contributed by atoms with Crippen molar-refractivity contribution < 1.29 is 23.9 Å². The third-order valence-electron chi connectivity index (χ3n) is 4.85. The molecule has 0 fully saturated rings. The fourth-order valence-electron chi connectivity index (χ4n) is 3.00. The molecule has 1 aliphatic rings. The predicted octanol–water partition coefficient (Wildman–Crippen LogP) is 2.79. The summed E-state index contributed by atoms with van der Waals surface area (Å²) in [6.07, 6.45) is 1.93. The van der Waals surface area contributed by atoms with Crippen molar-refractivity contribution in [2.45, 2.75) is 17.9 Å². The SMILES string of the molecule is CSc1ccccc1NC(=O)CN(C)C(C)C(=O)NC(=O)Nc1ccc2c(c1)OCCO2. The van der Waals surface area contributed by atoms with Crippen LogP contribution in [0.1, 0.15) is 6.92 Å². The van der Waals surface area contributed by atoms with Gasteiger partial charge in [-0.25, -0.2) is 4.79 Å². The lowest BCUT2D eigenvalue weighted by Crippen LogP contribution is -2.48. The second-order valence-electron chi connectivity index (χ2n) is 7.14. The lowest BCUT2D eigenvalue weighted by molar-refractivity contribution is -0.125. The zero-order chi connectivity index (χ0) is 23.1. The van der Waals surface area contributed by atoms with Gasteiger partial charge in [0.05, 0.1) is 18.3 Å². The summed E-state index contributed by atoms with van der Waals surface area (Å²) >= 11 is 1.53. The summed E-state index contributed by atoms with van der Waals surface area (Å²) in [4.78, 5) is 39.6. The quantitative estimate of drug-likeness (QED) is 0.548. The number of imide groups is 1. The van der Waals surface area contributed by atoms with Crippen molar-refractivity contribution in [3.63, 3.8) is 0 Å². The zero-order valence-corrected chi connectivity index (χ0v) is 19.0. The molecule has 10 heteroatoms. The van der Waals surface area contributed by atoms with E-state index < -0.39 is 18.0 Å². The largest absolute Gasteiger partial charge is 0.486 e. The van der Waals surface area contributed by atoms with E-state index in [0.717, 1.165) is 4.90 Å². The summed E-state index contributed by atoms with van der Waals surface area (Å²) in [7, 11) is 1.64. The first-order chi connectivity index (χ1) is 15.4. The average Bonchev–Trinajstić information content (AvgIpc) is 2.78. The van der Waals surface area contributed by atoms with Gasteiger partial charge in [0.2, 0.25) is 11.8 Å². The van der Waals surface area contributed by atoms with Gasteiger partial charge in [-0.05, 0) is 44.5 Å². The predicted molar refractivity (Wildman–Crippen MR) is 124 cm³/mol. The van der Waals surface area contributed by atoms with E-state index in [1.807, 2.05) is 30.5 Å². The maximum atomic E-state index is 12.5. The summed E-state index contributed by atoms with van der Waals surface area (Å²) < 4.78 is 10.9. The van der Waals surface area contributed by atoms with Crippen LogP contribution in [0, 0.1) is 0 Å². The number of urea groups is 1. The van der Waals surface area contributed by atoms with Gasteiger partial charge in [-0.1, -0.05) is 12.1 Å². The van der Waals surface area contributed by atoms with Gasteiger partial charge >= 0.3 is 6.03 Å². The van der Waals surface area contributed by atoms with E-state index in [1.54, 1.807) is 37.1 Å². The molecule has 0 radical (unpaired) electrons. The summed E-state index contributed by atoms with van der Waals surface area (Å²) in [5, 5.41) is 7.74. The number of amides is 4. The number of anilines is 2. The number of likely N-dealkylation sites (N-methyl/N-ethyl adjacent to an activating group) is 1. The molecule has 1 heterocycles. The van der Waals surface area contributed by atoms with Crippen molar-refractivity contribution in [1.82, 2.24) is 10.2 Å². The van der Waals surface area contributed by atoms with Gasteiger partial charge in [-0.2, -0.15) is 0 Å². The molecule has 3 rings (SSSR count). The van der Waals surface area contributed by atoms with E-state index in [-0.39, 0.29) is 12.5 Å². The topological polar surface area (TPSA) is 109 Å². The second kappa shape index (κ2) is 10.9. The number of hydrogen-bond acceptors (Lipinski definition) is 7. The Kier molecular flexibility index (Phi) is 7.96. The Morgan fingerprint density at radius 1 is 1.06 bits per heavy atom. The Morgan fingerprint density at radius 3 is 2.53 bits per heavy atom. The molecular weight excluding hydrogens is 432 g/mol. The molecule has 2 aromatic carbocycles. The van der Waals surface area contributed by atoms with Crippen LogP contribution in [0.25, 0.3) is 0 Å². The van der Waals surface area contributed by atoms with Gasteiger partial charge in [0.25, 0.3) is 0 Å². The molecule has 0 saturated carbocycles. The standard InChI is InChI=1S/C22H26N4O5S/c1-14(26(2)13-20(27)24-16-6-4-5-7-19(16)32-3)21(28)25-22(29)23-15-8-9-17-18(12-15)31-11-10-30-17/h4-9,12,14H,10-11,13H2,1-3H3,(H,24,27)(H2,23,25,28,29). The number of benzene rings is 2. The van der Waals surface area contributed by atoms with Gasteiger partial charge in [0, 0.05) is 16.6 Å². The van der Waals surface area contributed by atoms with Crippen LogP contribution >= 0.6 is 11.8 Å². The highest BCUT2D eigenvalue weighted by molar-refractivity contribution is 7.98. The van der Waals surface area contributed by atoms with Crippen LogP contribution in [-0.2, 0) is 9.59 Å². The highest BCUT2D eigenvalue weighted by Gasteiger charge is 2.22. The number of ether oxygens (including phenoxy) is 2. The Bertz CT molecular complexity index is 1000. The molecule has 32 heavy (non-hydrogen) atoms. The van der Waals surface area contributed by atoms with Crippen molar-refractivity contribution in [3.05, 3.63) is 42.5 Å². The normalized spacial score (nSPS) is 13.2. The van der Waals surface area contributed by atoms with Gasteiger partial charge in [0.1, 0.15) is 13.2 Å². The van der Waals surface area contributed by atoms with Crippen molar-refractivity contribution in [3.8, 4) is 11.5 Å². The minimum atomic E-state index is -0.706. The summed E-state index contributed by atoms with van der Waals surface area (Å²) in [6.45, 7) is 2.51. The Morgan fingerprint density at radius 2 is 1.78 bits per heavy atom. The van der Waals surface area contributed by atoms with Gasteiger partial charge in [-0.3, -0.25) is 19.8 Å². The van der Waals surface area contributed by atoms with Crippen LogP contribution in [0.15, 0.2) is 47.4 Å². The highest BCUT2D eigenvalue weighted by atomic mass is 32.2. The number of carbonyl (C=O) groups is 3. The van der Waals surface area contributed by atoms with Crippen LogP contribution in [0.2, 0.25) is 0 Å². The van der Waals surface area contributed by atoms with E-state index >= 15 is 0 Å². The molecule has 170 valence electrons. The lowest BCUT2D eigenvalue weighted by atomic mass is 10.2. The molecule has 4 amide bonds. The highest BCUT2D eigenvalue weighted by Crippen LogP contribution is 2.32. The monoisotopic (exact) mass is 458 g/mol. The van der Waals surface area contributed by atoms with Crippen LogP contribution in [0.3, 0.4) is 0 Å². The van der Waals surface area contributed by atoms with Crippen LogP contribution < -0.4 is 25.4 Å². The molecule has 0 aromatic heterocycles. The molecule has 0 saturated heterocycles. The van der Waals surface area contributed by atoms with Crippen molar-refractivity contribution in [2.24, 2.45) is 0 Å². The molecular formula is C22H26N4O5S. The molecule has 1 aliphatic heterocycles. The molecule has 0 aliphatic carbocycles. The first-order valence-electron chi connectivity index (χ1n) is 10.0. The summed E-state index contributed by atoms with van der Waals surface area (Å²) in [6, 6.07) is 11.1. The molecule has 9 nitrogen and oxygen atoms in total. The number of fused-ring (bicyclic) bond motifs is 1. The number of carbonyl (C=O) groups excluding carboxylic acids is 3. The fraction of sp³-hybridized carbons (Fsp3) is 0.318. The number of para-hydroxylation sites is 1. The first-order valence-corrected chi connectivity index (χ1v) is 11.2. The number of nitrogens with one attached hydrogen (secondary N) is 3. The van der Waals surface area contributed by atoms with Crippen LogP contribution in [0.4, 0.5) is 16.2 Å². The molecule has 0 bridgehead atoms. The van der Waals surface area contributed by atoms with E-state index in [2.05, 4.69) is 16.0 Å². The molecule has 1 atom stereocenters. The van der Waals surface area contributed by atoms with Crippen molar-refractivity contribution in [1.29, 1.82) is 0 Å². The average molecular weight is 459 g/mol. The Labute approximate surface area is 190 Å². The van der Waals surface area contributed by atoms with Crippen LogP contribution in [0.5, 0.6) is 11.5 Å².